The molecule has 1 aromatic rings. The predicted molar refractivity (Wildman–Crippen MR) is 73.3 cm³/mol. The van der Waals surface area contributed by atoms with E-state index < -0.39 is 11.5 Å². The number of nitrogens with zero attached hydrogens (tertiary/aromatic N) is 1. The van der Waals surface area contributed by atoms with Crippen LogP contribution in [0.1, 0.15) is 32.3 Å². The Bertz CT molecular complexity index is 538. The smallest absolute Gasteiger partial charge is 0.340 e. The fourth-order valence-electron chi connectivity index (χ4n) is 1.93. The minimum atomic E-state index is -1.02. The van der Waals surface area contributed by atoms with Crippen molar-refractivity contribution in [1.29, 1.82) is 0 Å². The van der Waals surface area contributed by atoms with Crippen LogP contribution in [0, 0.1) is 0 Å². The zero-order valence-corrected chi connectivity index (χ0v) is 11.6. The van der Waals surface area contributed by atoms with Gasteiger partial charge in [0, 0.05) is 12.0 Å². The molecule has 0 bridgehead atoms. The maximum Gasteiger partial charge on any atom is 0.340 e. The van der Waals surface area contributed by atoms with Gasteiger partial charge in [-0.2, -0.15) is 0 Å². The number of carbonyl (C=O) groups is 2. The van der Waals surface area contributed by atoms with Gasteiger partial charge in [-0.1, -0.05) is 18.2 Å². The molecule has 5 heteroatoms. The van der Waals surface area contributed by atoms with Crippen LogP contribution in [0.5, 0.6) is 0 Å². The summed E-state index contributed by atoms with van der Waals surface area (Å²) in [6.45, 7) is 3.75. The predicted octanol–water partition coefficient (Wildman–Crippen LogP) is 2.09. The van der Waals surface area contributed by atoms with Crippen molar-refractivity contribution in [3.05, 3.63) is 35.9 Å². The number of ether oxygens (including phenoxy) is 2. The van der Waals surface area contributed by atoms with Crippen LogP contribution >= 0.6 is 0 Å². The van der Waals surface area contributed by atoms with Crippen molar-refractivity contribution in [3.8, 4) is 0 Å². The number of benzene rings is 1. The molecule has 1 heterocycles. The lowest BCUT2D eigenvalue weighted by Crippen LogP contribution is -2.30. The number of carbonyl (C=O) groups excluding carboxylic acids is 2. The SMILES string of the molecule is CCOC(=O)CC[C@]1(C)N=C(c2ccccc2)OC1=O. The maximum atomic E-state index is 12.0. The molecule has 1 aromatic carbocycles. The summed E-state index contributed by atoms with van der Waals surface area (Å²) in [6, 6.07) is 9.22. The van der Waals surface area contributed by atoms with Crippen LogP contribution in [-0.4, -0.2) is 30.0 Å². The van der Waals surface area contributed by atoms with Crippen molar-refractivity contribution >= 4 is 17.8 Å². The van der Waals surface area contributed by atoms with E-state index in [0.717, 1.165) is 5.56 Å². The maximum absolute atomic E-state index is 12.0. The summed E-state index contributed by atoms with van der Waals surface area (Å²) in [7, 11) is 0. The van der Waals surface area contributed by atoms with Crippen molar-refractivity contribution in [1.82, 2.24) is 0 Å². The van der Waals surface area contributed by atoms with Gasteiger partial charge in [0.2, 0.25) is 5.90 Å². The quantitative estimate of drug-likeness (QED) is 0.772. The summed E-state index contributed by atoms with van der Waals surface area (Å²) < 4.78 is 10.1. The van der Waals surface area contributed by atoms with Gasteiger partial charge < -0.3 is 9.47 Å². The van der Waals surface area contributed by atoms with E-state index in [1.165, 1.54) is 0 Å². The number of cyclic esters (lactones) is 1. The first-order valence-electron chi connectivity index (χ1n) is 6.58. The fourth-order valence-corrected chi connectivity index (χ4v) is 1.93. The third kappa shape index (κ3) is 3.04. The first-order valence-corrected chi connectivity index (χ1v) is 6.58. The van der Waals surface area contributed by atoms with Gasteiger partial charge in [-0.3, -0.25) is 4.79 Å². The molecule has 1 atom stereocenters. The number of hydrogen-bond acceptors (Lipinski definition) is 5. The summed E-state index contributed by atoms with van der Waals surface area (Å²) in [5, 5.41) is 0. The zero-order valence-electron chi connectivity index (χ0n) is 11.6. The van der Waals surface area contributed by atoms with Gasteiger partial charge >= 0.3 is 11.9 Å². The molecule has 0 unspecified atom stereocenters. The molecule has 1 aliphatic heterocycles. The molecular weight excluding hydrogens is 258 g/mol. The van der Waals surface area contributed by atoms with Crippen LogP contribution in [0.15, 0.2) is 35.3 Å². The molecule has 20 heavy (non-hydrogen) atoms. The van der Waals surface area contributed by atoms with E-state index in [4.69, 9.17) is 9.47 Å². The summed E-state index contributed by atoms with van der Waals surface area (Å²) >= 11 is 0. The van der Waals surface area contributed by atoms with E-state index in [1.807, 2.05) is 30.3 Å². The Labute approximate surface area is 117 Å². The lowest BCUT2D eigenvalue weighted by atomic mass is 9.97. The molecule has 0 radical (unpaired) electrons. The third-order valence-corrected chi connectivity index (χ3v) is 3.12. The summed E-state index contributed by atoms with van der Waals surface area (Å²) in [4.78, 5) is 27.7. The first-order chi connectivity index (χ1) is 9.55. The van der Waals surface area contributed by atoms with E-state index in [1.54, 1.807) is 13.8 Å². The molecule has 0 saturated heterocycles. The van der Waals surface area contributed by atoms with Crippen LogP contribution in [0.2, 0.25) is 0 Å². The van der Waals surface area contributed by atoms with Crippen molar-refractivity contribution in [2.75, 3.05) is 6.61 Å². The van der Waals surface area contributed by atoms with E-state index in [2.05, 4.69) is 4.99 Å². The van der Waals surface area contributed by atoms with Gasteiger partial charge in [-0.15, -0.1) is 0 Å². The Morgan fingerprint density at radius 3 is 2.70 bits per heavy atom. The van der Waals surface area contributed by atoms with E-state index in [9.17, 15) is 9.59 Å². The highest BCUT2D eigenvalue weighted by Gasteiger charge is 2.42. The number of aliphatic imine (C=N–C) groups is 1. The fraction of sp³-hybridized carbons (Fsp3) is 0.400. The molecule has 5 nitrogen and oxygen atoms in total. The highest BCUT2D eigenvalue weighted by Crippen LogP contribution is 2.27. The molecule has 0 spiro atoms. The second-order valence-corrected chi connectivity index (χ2v) is 4.75. The number of esters is 2. The molecule has 0 saturated carbocycles. The van der Waals surface area contributed by atoms with Crippen LogP contribution in [0.3, 0.4) is 0 Å². The largest absolute Gasteiger partial charge is 0.466 e. The average Bonchev–Trinajstić information content (AvgIpc) is 2.75. The monoisotopic (exact) mass is 275 g/mol. The molecule has 0 N–H and O–H groups in total. The topological polar surface area (TPSA) is 65.0 Å². The Balaban J connectivity index is 2.09. The lowest BCUT2D eigenvalue weighted by Gasteiger charge is -2.14. The van der Waals surface area contributed by atoms with E-state index in [-0.39, 0.29) is 18.8 Å². The number of rotatable bonds is 5. The molecular formula is C15H17NO4. The molecule has 0 aromatic heterocycles. The Kier molecular flexibility index (Phi) is 4.17. The second-order valence-electron chi connectivity index (χ2n) is 4.75. The highest BCUT2D eigenvalue weighted by molar-refractivity contribution is 6.07. The standard InChI is InChI=1S/C15H17NO4/c1-3-19-12(17)9-10-15(2)14(18)20-13(16-15)11-7-5-4-6-8-11/h4-8H,3,9-10H2,1-2H3/t15-/m0/s1. The van der Waals surface area contributed by atoms with E-state index >= 15 is 0 Å². The average molecular weight is 275 g/mol. The van der Waals surface area contributed by atoms with Crippen LogP contribution in [-0.2, 0) is 19.1 Å². The van der Waals surface area contributed by atoms with Crippen LogP contribution in [0.4, 0.5) is 0 Å². The third-order valence-electron chi connectivity index (χ3n) is 3.12. The lowest BCUT2D eigenvalue weighted by molar-refractivity contribution is -0.144. The van der Waals surface area contributed by atoms with Crippen molar-refractivity contribution in [2.45, 2.75) is 32.2 Å². The van der Waals surface area contributed by atoms with Gasteiger partial charge in [0.15, 0.2) is 5.54 Å². The molecule has 0 fully saturated rings. The normalized spacial score (nSPS) is 21.3. The molecule has 1 aliphatic rings. The van der Waals surface area contributed by atoms with Crippen molar-refractivity contribution < 1.29 is 19.1 Å². The first kappa shape index (κ1) is 14.2. The Morgan fingerprint density at radius 1 is 1.35 bits per heavy atom. The van der Waals surface area contributed by atoms with Gasteiger partial charge in [0.05, 0.1) is 6.61 Å². The number of hydrogen-bond donors (Lipinski definition) is 0. The van der Waals surface area contributed by atoms with Crippen molar-refractivity contribution in [3.63, 3.8) is 0 Å². The Hall–Kier alpha value is -2.17. The second kappa shape index (κ2) is 5.86. The van der Waals surface area contributed by atoms with Crippen molar-refractivity contribution in [2.24, 2.45) is 4.99 Å². The minimum Gasteiger partial charge on any atom is -0.466 e. The minimum absolute atomic E-state index is 0.144. The molecule has 106 valence electrons. The Morgan fingerprint density at radius 2 is 2.05 bits per heavy atom. The summed E-state index contributed by atoms with van der Waals surface area (Å²) in [5.74, 6) is -0.451. The molecule has 0 amide bonds. The highest BCUT2D eigenvalue weighted by atomic mass is 16.6. The van der Waals surface area contributed by atoms with Gasteiger partial charge in [-0.25, -0.2) is 9.79 Å². The van der Waals surface area contributed by atoms with Crippen LogP contribution < -0.4 is 0 Å². The zero-order chi connectivity index (χ0) is 14.6. The molecule has 2 rings (SSSR count). The van der Waals surface area contributed by atoms with Crippen LogP contribution in [0.25, 0.3) is 0 Å². The molecule has 0 aliphatic carbocycles. The van der Waals surface area contributed by atoms with Gasteiger partial charge in [0.1, 0.15) is 0 Å². The summed E-state index contributed by atoms with van der Waals surface area (Å²) in [5.41, 5.74) is -0.265. The van der Waals surface area contributed by atoms with Gasteiger partial charge in [-0.05, 0) is 32.4 Å². The summed E-state index contributed by atoms with van der Waals surface area (Å²) in [6.07, 6.45) is 0.423. The van der Waals surface area contributed by atoms with E-state index in [0.29, 0.717) is 12.5 Å². The van der Waals surface area contributed by atoms with Gasteiger partial charge in [0.25, 0.3) is 0 Å².